The highest BCUT2D eigenvalue weighted by atomic mass is 16.6. The maximum absolute atomic E-state index is 12.6. The van der Waals surface area contributed by atoms with Gasteiger partial charge in [0, 0.05) is 17.7 Å². The van der Waals surface area contributed by atoms with Gasteiger partial charge in [-0.15, -0.1) is 0 Å². The summed E-state index contributed by atoms with van der Waals surface area (Å²) in [6.45, 7) is 3.60. The van der Waals surface area contributed by atoms with Crippen molar-refractivity contribution in [2.45, 2.75) is 13.8 Å². The van der Waals surface area contributed by atoms with Crippen molar-refractivity contribution < 1.29 is 24.4 Å². The second-order valence-electron chi connectivity index (χ2n) is 7.28. The van der Waals surface area contributed by atoms with E-state index in [4.69, 9.17) is 4.74 Å². The van der Waals surface area contributed by atoms with Crippen molar-refractivity contribution in [1.29, 1.82) is 0 Å². The number of nitro groups is 1. The van der Waals surface area contributed by atoms with Crippen LogP contribution >= 0.6 is 0 Å². The molecule has 10 heteroatoms. The van der Waals surface area contributed by atoms with Gasteiger partial charge in [0.2, 0.25) is 0 Å². The Hall–Kier alpha value is -4.73. The molecule has 0 saturated heterocycles. The number of nitrogens with one attached hydrogen (secondary N) is 2. The molecule has 0 aromatic heterocycles. The molecule has 3 N–H and O–H groups in total. The number of para-hydroxylation sites is 1. The number of anilines is 1. The number of rotatable bonds is 8. The highest BCUT2D eigenvalue weighted by molar-refractivity contribution is 6.04. The highest BCUT2D eigenvalue weighted by Crippen LogP contribution is 2.22. The van der Waals surface area contributed by atoms with Crippen molar-refractivity contribution in [1.82, 2.24) is 5.43 Å². The predicted octanol–water partition coefficient (Wildman–Crippen LogP) is 3.70. The van der Waals surface area contributed by atoms with Crippen LogP contribution in [0.2, 0.25) is 0 Å². The third-order valence-electron chi connectivity index (χ3n) is 4.95. The molecular formula is C24H22N4O6. The van der Waals surface area contributed by atoms with Crippen LogP contribution in [-0.2, 0) is 4.79 Å². The Morgan fingerprint density at radius 2 is 1.88 bits per heavy atom. The van der Waals surface area contributed by atoms with E-state index >= 15 is 0 Å². The predicted molar refractivity (Wildman–Crippen MR) is 126 cm³/mol. The van der Waals surface area contributed by atoms with Crippen molar-refractivity contribution in [2.24, 2.45) is 5.10 Å². The SMILES string of the molecule is Cc1cccc(OCC(=O)Nc2ccccc2C(=O)N/N=C\c2cc([N+](=O)[O-])ccc2O)c1C. The van der Waals surface area contributed by atoms with Crippen molar-refractivity contribution in [2.75, 3.05) is 11.9 Å². The van der Waals surface area contributed by atoms with Gasteiger partial charge in [-0.2, -0.15) is 5.10 Å². The smallest absolute Gasteiger partial charge is 0.273 e. The summed E-state index contributed by atoms with van der Waals surface area (Å²) in [4.78, 5) is 35.2. The number of nitrogens with zero attached hydrogens (tertiary/aromatic N) is 2. The molecular weight excluding hydrogens is 440 g/mol. The molecule has 0 aliphatic rings. The van der Waals surface area contributed by atoms with Crippen LogP contribution in [0.15, 0.2) is 65.8 Å². The molecule has 0 atom stereocenters. The molecule has 0 unspecified atom stereocenters. The van der Waals surface area contributed by atoms with Crippen LogP contribution < -0.4 is 15.5 Å². The zero-order chi connectivity index (χ0) is 24.7. The number of carbonyl (C=O) groups is 2. The molecule has 0 radical (unpaired) electrons. The van der Waals surface area contributed by atoms with Gasteiger partial charge in [0.1, 0.15) is 11.5 Å². The van der Waals surface area contributed by atoms with E-state index in [0.29, 0.717) is 5.75 Å². The van der Waals surface area contributed by atoms with Gasteiger partial charge in [0.15, 0.2) is 6.61 Å². The van der Waals surface area contributed by atoms with Gasteiger partial charge in [0.05, 0.1) is 22.4 Å². The minimum atomic E-state index is -0.632. The van der Waals surface area contributed by atoms with E-state index < -0.39 is 16.7 Å². The number of non-ortho nitro benzene ring substituents is 1. The number of phenols is 1. The summed E-state index contributed by atoms with van der Waals surface area (Å²) in [7, 11) is 0. The number of carbonyl (C=O) groups excluding carboxylic acids is 2. The van der Waals surface area contributed by atoms with Crippen LogP contribution in [0.5, 0.6) is 11.5 Å². The average Bonchev–Trinajstić information content (AvgIpc) is 2.81. The van der Waals surface area contributed by atoms with Gasteiger partial charge in [0.25, 0.3) is 17.5 Å². The molecule has 0 bridgehead atoms. The second kappa shape index (κ2) is 10.7. The summed E-state index contributed by atoms with van der Waals surface area (Å²) in [5.74, 6) is -0.723. The fourth-order valence-electron chi connectivity index (χ4n) is 2.98. The lowest BCUT2D eigenvalue weighted by Crippen LogP contribution is -2.24. The highest BCUT2D eigenvalue weighted by Gasteiger charge is 2.14. The van der Waals surface area contributed by atoms with Gasteiger partial charge in [-0.25, -0.2) is 5.43 Å². The molecule has 34 heavy (non-hydrogen) atoms. The first kappa shape index (κ1) is 23.9. The third-order valence-corrected chi connectivity index (χ3v) is 4.95. The normalized spacial score (nSPS) is 10.6. The summed E-state index contributed by atoms with van der Waals surface area (Å²) in [6, 6.07) is 15.3. The van der Waals surface area contributed by atoms with E-state index in [9.17, 15) is 24.8 Å². The summed E-state index contributed by atoms with van der Waals surface area (Å²) in [5, 5.41) is 27.1. The summed E-state index contributed by atoms with van der Waals surface area (Å²) >= 11 is 0. The minimum absolute atomic E-state index is 0.0553. The first-order chi connectivity index (χ1) is 16.3. The maximum Gasteiger partial charge on any atom is 0.273 e. The second-order valence-corrected chi connectivity index (χ2v) is 7.28. The minimum Gasteiger partial charge on any atom is -0.507 e. The molecule has 174 valence electrons. The van der Waals surface area contributed by atoms with E-state index in [2.05, 4.69) is 15.8 Å². The number of phenolic OH excluding ortho intramolecular Hbond substituents is 1. The maximum atomic E-state index is 12.6. The van der Waals surface area contributed by atoms with Crippen molar-refractivity contribution in [3.63, 3.8) is 0 Å². The summed E-state index contributed by atoms with van der Waals surface area (Å²) in [5.41, 5.74) is 4.46. The van der Waals surface area contributed by atoms with E-state index in [1.165, 1.54) is 6.07 Å². The monoisotopic (exact) mass is 462 g/mol. The van der Waals surface area contributed by atoms with E-state index in [1.807, 2.05) is 26.0 Å². The summed E-state index contributed by atoms with van der Waals surface area (Å²) in [6.07, 6.45) is 1.08. The zero-order valence-corrected chi connectivity index (χ0v) is 18.4. The molecule has 3 aromatic rings. The quantitative estimate of drug-likeness (QED) is 0.265. The largest absolute Gasteiger partial charge is 0.507 e. The van der Waals surface area contributed by atoms with Crippen molar-refractivity contribution >= 4 is 29.4 Å². The molecule has 0 heterocycles. The summed E-state index contributed by atoms with van der Waals surface area (Å²) < 4.78 is 5.60. The molecule has 0 aliphatic heterocycles. The topological polar surface area (TPSA) is 143 Å². The van der Waals surface area contributed by atoms with Crippen molar-refractivity contribution in [3.05, 3.63) is 93.0 Å². The Balaban J connectivity index is 1.65. The first-order valence-electron chi connectivity index (χ1n) is 10.1. The lowest BCUT2D eigenvalue weighted by Gasteiger charge is -2.12. The molecule has 0 spiro atoms. The third kappa shape index (κ3) is 5.94. The number of amides is 2. The van der Waals surface area contributed by atoms with Gasteiger partial charge in [-0.3, -0.25) is 19.7 Å². The van der Waals surface area contributed by atoms with Crippen LogP contribution in [0.4, 0.5) is 11.4 Å². The Morgan fingerprint density at radius 1 is 1.12 bits per heavy atom. The first-order valence-corrected chi connectivity index (χ1v) is 10.1. The fourth-order valence-corrected chi connectivity index (χ4v) is 2.98. The molecule has 3 aromatic carbocycles. The molecule has 0 aliphatic carbocycles. The standard InChI is InChI=1S/C24H22N4O6/c1-15-6-5-9-22(16(15)2)34-14-23(30)26-20-8-4-3-7-19(20)24(31)27-25-13-17-12-18(28(32)33)10-11-21(17)29/h3-13,29H,14H2,1-2H3,(H,26,30)(H,27,31)/b25-13-. The average molecular weight is 462 g/mol. The van der Waals surface area contributed by atoms with Crippen LogP contribution in [0.3, 0.4) is 0 Å². The lowest BCUT2D eigenvalue weighted by molar-refractivity contribution is -0.384. The zero-order valence-electron chi connectivity index (χ0n) is 18.4. The number of aryl methyl sites for hydroxylation is 1. The van der Waals surface area contributed by atoms with Gasteiger partial charge < -0.3 is 15.2 Å². The molecule has 3 rings (SSSR count). The Labute approximate surface area is 195 Å². The number of hydrogen-bond acceptors (Lipinski definition) is 7. The number of ether oxygens (including phenoxy) is 1. The van der Waals surface area contributed by atoms with Crippen LogP contribution in [-0.4, -0.2) is 34.7 Å². The number of benzene rings is 3. The van der Waals surface area contributed by atoms with E-state index in [0.717, 1.165) is 35.5 Å². The van der Waals surface area contributed by atoms with Gasteiger partial charge in [-0.05, 0) is 49.2 Å². The Kier molecular flexibility index (Phi) is 7.55. The molecule has 0 saturated carbocycles. The van der Waals surface area contributed by atoms with Gasteiger partial charge >= 0.3 is 0 Å². The van der Waals surface area contributed by atoms with Gasteiger partial charge in [-0.1, -0.05) is 24.3 Å². The van der Waals surface area contributed by atoms with E-state index in [1.54, 1.807) is 24.3 Å². The molecule has 2 amide bonds. The van der Waals surface area contributed by atoms with Crippen LogP contribution in [0.25, 0.3) is 0 Å². The van der Waals surface area contributed by atoms with Crippen molar-refractivity contribution in [3.8, 4) is 11.5 Å². The van der Waals surface area contributed by atoms with Crippen LogP contribution in [0, 0.1) is 24.0 Å². The lowest BCUT2D eigenvalue weighted by atomic mass is 10.1. The number of nitro benzene ring substituents is 1. The number of hydrogen-bond donors (Lipinski definition) is 3. The number of aromatic hydroxyl groups is 1. The molecule has 0 fully saturated rings. The van der Waals surface area contributed by atoms with Crippen LogP contribution in [0.1, 0.15) is 27.0 Å². The Bertz CT molecular complexity index is 1270. The number of hydrazone groups is 1. The van der Waals surface area contributed by atoms with E-state index in [-0.39, 0.29) is 34.9 Å². The Morgan fingerprint density at radius 3 is 2.65 bits per heavy atom. The molecule has 10 nitrogen and oxygen atoms in total. The fraction of sp³-hybridized carbons (Fsp3) is 0.125.